The molecule has 82 valence electrons. The van der Waals surface area contributed by atoms with Crippen molar-refractivity contribution >= 4 is 11.6 Å². The van der Waals surface area contributed by atoms with Gasteiger partial charge >= 0.3 is 0 Å². The molecule has 1 amide bonds. The maximum Gasteiger partial charge on any atom is 0.236 e. The molecule has 0 aliphatic rings. The van der Waals surface area contributed by atoms with Gasteiger partial charge in [0.15, 0.2) is 0 Å². The highest BCUT2D eigenvalue weighted by molar-refractivity contribution is 5.79. The number of rotatable bonds is 5. The fourth-order valence-electron chi connectivity index (χ4n) is 1.65. The second-order valence-corrected chi connectivity index (χ2v) is 3.48. The number of carbonyl (C=O) groups is 1. The quantitative estimate of drug-likeness (QED) is 0.770. The summed E-state index contributed by atoms with van der Waals surface area (Å²) in [5.74, 6) is -0.331. The first-order chi connectivity index (χ1) is 7.19. The summed E-state index contributed by atoms with van der Waals surface area (Å²) in [6.07, 6.45) is 1.91. The predicted molar refractivity (Wildman–Crippen MR) is 62.9 cm³/mol. The number of amides is 1. The Hall–Kier alpha value is -1.51. The number of aryl methyl sites for hydroxylation is 2. The summed E-state index contributed by atoms with van der Waals surface area (Å²) in [5.41, 5.74) is 8.66. The number of hydrogen-bond acceptors (Lipinski definition) is 2. The lowest BCUT2D eigenvalue weighted by Gasteiger charge is -2.14. The zero-order chi connectivity index (χ0) is 11.3. The fourth-order valence-corrected chi connectivity index (χ4v) is 1.65. The molecule has 0 spiro atoms. The smallest absolute Gasteiger partial charge is 0.236 e. The molecule has 3 N–H and O–H groups in total. The Kier molecular flexibility index (Phi) is 4.16. The lowest BCUT2D eigenvalue weighted by molar-refractivity contribution is -0.116. The number of nitrogens with one attached hydrogen (secondary N) is 1. The summed E-state index contributed by atoms with van der Waals surface area (Å²) in [4.78, 5) is 10.7. The first-order valence-electron chi connectivity index (χ1n) is 5.32. The SMILES string of the molecule is CCc1cccc(CC)c1NCC(N)=O. The van der Waals surface area contributed by atoms with Crippen LogP contribution in [0.2, 0.25) is 0 Å². The Morgan fingerprint density at radius 1 is 1.27 bits per heavy atom. The summed E-state index contributed by atoms with van der Waals surface area (Å²) in [6, 6.07) is 6.19. The van der Waals surface area contributed by atoms with Gasteiger partial charge in [-0.1, -0.05) is 32.0 Å². The lowest BCUT2D eigenvalue weighted by atomic mass is 10.0. The zero-order valence-electron chi connectivity index (χ0n) is 9.34. The van der Waals surface area contributed by atoms with Crippen LogP contribution in [0, 0.1) is 0 Å². The molecule has 0 heterocycles. The maximum absolute atomic E-state index is 10.7. The van der Waals surface area contributed by atoms with Gasteiger partial charge in [0.2, 0.25) is 5.91 Å². The second-order valence-electron chi connectivity index (χ2n) is 3.48. The molecule has 0 saturated carbocycles. The van der Waals surface area contributed by atoms with Crippen molar-refractivity contribution in [3.63, 3.8) is 0 Å². The topological polar surface area (TPSA) is 55.1 Å². The van der Waals surface area contributed by atoms with Crippen LogP contribution >= 0.6 is 0 Å². The van der Waals surface area contributed by atoms with E-state index in [1.54, 1.807) is 0 Å². The monoisotopic (exact) mass is 206 g/mol. The normalized spacial score (nSPS) is 10.0. The van der Waals surface area contributed by atoms with Crippen molar-refractivity contribution in [2.24, 2.45) is 5.73 Å². The number of anilines is 1. The van der Waals surface area contributed by atoms with Crippen molar-refractivity contribution in [1.29, 1.82) is 0 Å². The van der Waals surface area contributed by atoms with E-state index in [-0.39, 0.29) is 12.5 Å². The van der Waals surface area contributed by atoms with E-state index in [0.29, 0.717) is 0 Å². The van der Waals surface area contributed by atoms with E-state index in [0.717, 1.165) is 18.5 Å². The number of carbonyl (C=O) groups excluding carboxylic acids is 1. The summed E-state index contributed by atoms with van der Waals surface area (Å²) in [5, 5.41) is 3.11. The van der Waals surface area contributed by atoms with Crippen molar-refractivity contribution in [3.05, 3.63) is 29.3 Å². The third-order valence-corrected chi connectivity index (χ3v) is 2.44. The molecule has 15 heavy (non-hydrogen) atoms. The number of benzene rings is 1. The Morgan fingerprint density at radius 2 is 1.80 bits per heavy atom. The van der Waals surface area contributed by atoms with Crippen LogP contribution in [-0.4, -0.2) is 12.5 Å². The van der Waals surface area contributed by atoms with Gasteiger partial charge in [-0.15, -0.1) is 0 Å². The second kappa shape index (κ2) is 5.39. The molecule has 0 aromatic heterocycles. The summed E-state index contributed by atoms with van der Waals surface area (Å²) in [6.45, 7) is 4.40. The van der Waals surface area contributed by atoms with E-state index in [1.807, 2.05) is 6.07 Å². The Morgan fingerprint density at radius 3 is 2.20 bits per heavy atom. The largest absolute Gasteiger partial charge is 0.376 e. The van der Waals surface area contributed by atoms with Gasteiger partial charge in [-0.3, -0.25) is 4.79 Å². The number of hydrogen-bond donors (Lipinski definition) is 2. The molecular weight excluding hydrogens is 188 g/mol. The highest BCUT2D eigenvalue weighted by Crippen LogP contribution is 2.22. The molecule has 3 heteroatoms. The van der Waals surface area contributed by atoms with Crippen LogP contribution in [0.3, 0.4) is 0 Å². The third-order valence-electron chi connectivity index (χ3n) is 2.44. The standard InChI is InChI=1S/C12H18N2O/c1-3-9-6-5-7-10(4-2)12(9)14-8-11(13)15/h5-7,14H,3-4,8H2,1-2H3,(H2,13,15). The molecule has 0 aliphatic carbocycles. The number of para-hydroxylation sites is 1. The van der Waals surface area contributed by atoms with Gasteiger partial charge in [-0.2, -0.15) is 0 Å². The predicted octanol–water partition coefficient (Wildman–Crippen LogP) is 1.71. The Labute approximate surface area is 90.7 Å². The summed E-state index contributed by atoms with van der Waals surface area (Å²) in [7, 11) is 0. The van der Waals surface area contributed by atoms with Crippen LogP contribution in [0.15, 0.2) is 18.2 Å². The molecule has 0 atom stereocenters. The molecule has 0 bridgehead atoms. The van der Waals surface area contributed by atoms with Crippen molar-refractivity contribution in [1.82, 2.24) is 0 Å². The molecule has 3 nitrogen and oxygen atoms in total. The minimum Gasteiger partial charge on any atom is -0.376 e. The van der Waals surface area contributed by atoms with Gasteiger partial charge in [0.25, 0.3) is 0 Å². The van der Waals surface area contributed by atoms with E-state index >= 15 is 0 Å². The molecular formula is C12H18N2O. The number of primary amides is 1. The first-order valence-corrected chi connectivity index (χ1v) is 5.32. The lowest BCUT2D eigenvalue weighted by Crippen LogP contribution is -2.22. The highest BCUT2D eigenvalue weighted by Gasteiger charge is 2.05. The van der Waals surface area contributed by atoms with Gasteiger partial charge in [0, 0.05) is 5.69 Å². The van der Waals surface area contributed by atoms with Crippen molar-refractivity contribution in [3.8, 4) is 0 Å². The van der Waals surface area contributed by atoms with Gasteiger partial charge in [-0.25, -0.2) is 0 Å². The van der Waals surface area contributed by atoms with Crippen molar-refractivity contribution in [2.75, 3.05) is 11.9 Å². The van der Waals surface area contributed by atoms with E-state index in [9.17, 15) is 4.79 Å². The molecule has 0 saturated heterocycles. The molecule has 1 rings (SSSR count). The molecule has 0 aliphatic heterocycles. The fraction of sp³-hybridized carbons (Fsp3) is 0.417. The summed E-state index contributed by atoms with van der Waals surface area (Å²) < 4.78 is 0. The molecule has 0 unspecified atom stereocenters. The van der Waals surface area contributed by atoms with Gasteiger partial charge in [0.05, 0.1) is 6.54 Å². The van der Waals surface area contributed by atoms with E-state index in [1.165, 1.54) is 11.1 Å². The van der Waals surface area contributed by atoms with Gasteiger partial charge in [0.1, 0.15) is 0 Å². The Balaban J connectivity index is 2.94. The Bertz CT molecular complexity index is 325. The van der Waals surface area contributed by atoms with Gasteiger partial charge < -0.3 is 11.1 Å². The van der Waals surface area contributed by atoms with Crippen LogP contribution in [-0.2, 0) is 17.6 Å². The van der Waals surface area contributed by atoms with E-state index in [4.69, 9.17) is 5.73 Å². The van der Waals surface area contributed by atoms with E-state index < -0.39 is 0 Å². The van der Waals surface area contributed by atoms with Crippen LogP contribution in [0.4, 0.5) is 5.69 Å². The van der Waals surface area contributed by atoms with E-state index in [2.05, 4.69) is 31.3 Å². The molecule has 0 radical (unpaired) electrons. The maximum atomic E-state index is 10.7. The first kappa shape index (κ1) is 11.6. The average molecular weight is 206 g/mol. The zero-order valence-corrected chi connectivity index (χ0v) is 9.34. The van der Waals surface area contributed by atoms with Crippen LogP contribution in [0.5, 0.6) is 0 Å². The molecule has 1 aromatic carbocycles. The van der Waals surface area contributed by atoms with Crippen LogP contribution in [0.25, 0.3) is 0 Å². The van der Waals surface area contributed by atoms with Crippen molar-refractivity contribution < 1.29 is 4.79 Å². The average Bonchev–Trinajstić information content (AvgIpc) is 2.25. The van der Waals surface area contributed by atoms with Crippen molar-refractivity contribution in [2.45, 2.75) is 26.7 Å². The van der Waals surface area contributed by atoms with Gasteiger partial charge in [-0.05, 0) is 24.0 Å². The molecule has 0 fully saturated rings. The minimum atomic E-state index is -0.331. The number of nitrogens with two attached hydrogens (primary N) is 1. The molecule has 1 aromatic rings. The minimum absolute atomic E-state index is 0.198. The summed E-state index contributed by atoms with van der Waals surface area (Å²) >= 11 is 0. The highest BCUT2D eigenvalue weighted by atomic mass is 16.1. The van der Waals surface area contributed by atoms with Crippen LogP contribution < -0.4 is 11.1 Å². The van der Waals surface area contributed by atoms with Crippen LogP contribution in [0.1, 0.15) is 25.0 Å². The third kappa shape index (κ3) is 2.98.